The van der Waals surface area contributed by atoms with Gasteiger partial charge in [-0.1, -0.05) is 45.4 Å². The maximum absolute atomic E-state index is 13.6. The number of alkyl halides is 13. The van der Waals surface area contributed by atoms with Crippen LogP contribution >= 0.6 is 0 Å². The molecule has 0 amide bonds. The van der Waals surface area contributed by atoms with E-state index in [0.717, 1.165) is 24.0 Å². The van der Waals surface area contributed by atoms with Gasteiger partial charge >= 0.3 is 36.9 Å². The number of aryl methyl sites for hydroxylation is 1. The molecule has 7 nitrogen and oxygen atoms in total. The van der Waals surface area contributed by atoms with Gasteiger partial charge in [0.05, 0.1) is 6.61 Å². The first-order chi connectivity index (χ1) is 23.6. The summed E-state index contributed by atoms with van der Waals surface area (Å²) in [6, 6.07) is 7.04. The van der Waals surface area contributed by atoms with Gasteiger partial charge in [0.25, 0.3) is 0 Å². The molecule has 1 aromatic carbocycles. The van der Waals surface area contributed by atoms with Gasteiger partial charge in [-0.05, 0) is 61.9 Å². The van der Waals surface area contributed by atoms with Crippen molar-refractivity contribution in [3.63, 3.8) is 0 Å². The first-order valence-corrected chi connectivity index (χ1v) is 15.8. The zero-order chi connectivity index (χ0) is 38.4. The van der Waals surface area contributed by atoms with Crippen LogP contribution in [-0.2, 0) is 25.4 Å². The second kappa shape index (κ2) is 19.2. The van der Waals surface area contributed by atoms with Gasteiger partial charge in [-0.3, -0.25) is 0 Å². The summed E-state index contributed by atoms with van der Waals surface area (Å²) < 4.78 is 185. The van der Waals surface area contributed by atoms with E-state index < -0.39 is 50.1 Å². The molecule has 20 heteroatoms. The third kappa shape index (κ3) is 15.7. The summed E-state index contributed by atoms with van der Waals surface area (Å²) in [5, 5.41) is 0. The molecule has 2 rings (SSSR count). The number of benzene rings is 1. The smallest absolute Gasteiger partial charge is 0.494 e. The van der Waals surface area contributed by atoms with Crippen molar-refractivity contribution >= 4 is 0 Å². The number of nitrogens with zero attached hydrogens (tertiary/aromatic N) is 2. The van der Waals surface area contributed by atoms with Crippen LogP contribution in [0.15, 0.2) is 36.7 Å². The second-order valence-corrected chi connectivity index (χ2v) is 11.2. The van der Waals surface area contributed by atoms with Gasteiger partial charge in [-0.15, -0.1) is 13.2 Å². The number of hydrogen-bond donors (Lipinski definition) is 0. The lowest BCUT2D eigenvalue weighted by atomic mass is 10.1. The number of rotatable bonds is 25. The predicted molar refractivity (Wildman–Crippen MR) is 153 cm³/mol. The second-order valence-electron chi connectivity index (χ2n) is 11.2. The summed E-state index contributed by atoms with van der Waals surface area (Å²) in [6.07, 6.45) is -26.6. The lowest BCUT2D eigenvalue weighted by Gasteiger charge is -2.33. The molecule has 0 saturated carbocycles. The summed E-state index contributed by atoms with van der Waals surface area (Å²) in [7, 11) is 0. The van der Waals surface area contributed by atoms with Crippen LogP contribution in [0.2, 0.25) is 0 Å². The van der Waals surface area contributed by atoms with Gasteiger partial charge in [0.2, 0.25) is 0 Å². The van der Waals surface area contributed by atoms with Crippen molar-refractivity contribution in [2.24, 2.45) is 0 Å². The molecule has 0 aliphatic heterocycles. The zero-order valence-electron chi connectivity index (χ0n) is 27.2. The van der Waals surface area contributed by atoms with Crippen LogP contribution in [0.25, 0.3) is 11.4 Å². The summed E-state index contributed by atoms with van der Waals surface area (Å²) in [4.78, 5) is 8.86. The molecule has 0 spiro atoms. The Morgan fingerprint density at radius 1 is 0.549 bits per heavy atom. The molecule has 0 fully saturated rings. The predicted octanol–water partition coefficient (Wildman–Crippen LogP) is 10.5. The number of ether oxygens (including phenoxy) is 5. The van der Waals surface area contributed by atoms with E-state index in [1.807, 2.05) is 12.4 Å². The fraction of sp³-hybridized carbons (Fsp3) is 0.677. The fourth-order valence-electron chi connectivity index (χ4n) is 4.24. The van der Waals surface area contributed by atoms with Crippen molar-refractivity contribution in [2.45, 2.75) is 114 Å². The Bertz CT molecular complexity index is 1280. The highest BCUT2D eigenvalue weighted by atomic mass is 19.4. The Morgan fingerprint density at radius 3 is 1.61 bits per heavy atom. The van der Waals surface area contributed by atoms with Gasteiger partial charge in [-0.2, -0.15) is 43.9 Å². The highest BCUT2D eigenvalue weighted by molar-refractivity contribution is 5.55. The van der Waals surface area contributed by atoms with Gasteiger partial charge in [0, 0.05) is 24.6 Å². The lowest BCUT2D eigenvalue weighted by Crippen LogP contribution is -2.57. The molecule has 292 valence electrons. The lowest BCUT2D eigenvalue weighted by molar-refractivity contribution is -0.564. The van der Waals surface area contributed by atoms with Crippen LogP contribution in [0.1, 0.15) is 76.7 Å². The average molecular weight is 765 g/mol. The topological polar surface area (TPSA) is 71.9 Å². The normalized spacial score (nSPS) is 13.5. The average Bonchev–Trinajstić information content (AvgIpc) is 3.00. The van der Waals surface area contributed by atoms with Crippen molar-refractivity contribution in [3.8, 4) is 17.1 Å². The summed E-state index contributed by atoms with van der Waals surface area (Å²) >= 11 is 0. The van der Waals surface area contributed by atoms with E-state index in [-0.39, 0.29) is 13.0 Å². The number of hydrogen-bond acceptors (Lipinski definition) is 7. The zero-order valence-corrected chi connectivity index (χ0v) is 27.2. The number of aromatic nitrogens is 2. The first kappa shape index (κ1) is 44.2. The highest BCUT2D eigenvalue weighted by Crippen LogP contribution is 2.48. The largest absolute Gasteiger partial charge is 0.527 e. The Hall–Kier alpha value is -2.97. The molecule has 1 aromatic heterocycles. The number of halogens is 13. The quantitative estimate of drug-likeness (QED) is 0.0736. The van der Waals surface area contributed by atoms with Gasteiger partial charge in [-0.25, -0.2) is 24.2 Å². The van der Waals surface area contributed by atoms with E-state index in [0.29, 0.717) is 30.8 Å². The monoisotopic (exact) mass is 764 g/mol. The minimum atomic E-state index is -7.09. The van der Waals surface area contributed by atoms with Crippen molar-refractivity contribution < 1.29 is 80.8 Å². The molecule has 2 aromatic rings. The van der Waals surface area contributed by atoms with Crippen molar-refractivity contribution in [3.05, 3.63) is 42.2 Å². The molecule has 0 aliphatic carbocycles. The maximum Gasteiger partial charge on any atom is 0.527 e. The SMILES string of the molecule is CCCCCCCCc1cnc(-c2ccc(OCCCCCCOCC(F)(F)OC(F)(F)C(F)(F)OC(F)(F)C(F)(F)OC(F)(F)F)cc2)nc1. The molecule has 0 bridgehead atoms. The van der Waals surface area contributed by atoms with Crippen LogP contribution in [0, 0.1) is 0 Å². The molecule has 0 unspecified atom stereocenters. The molecule has 1 heterocycles. The number of unbranched alkanes of at least 4 members (excludes halogenated alkanes) is 8. The van der Waals surface area contributed by atoms with Crippen molar-refractivity contribution in [1.82, 2.24) is 9.97 Å². The molecule has 0 aliphatic rings. The van der Waals surface area contributed by atoms with E-state index >= 15 is 0 Å². The van der Waals surface area contributed by atoms with Gasteiger partial charge in [0.1, 0.15) is 12.4 Å². The fourth-order valence-corrected chi connectivity index (χ4v) is 4.24. The van der Waals surface area contributed by atoms with E-state index in [1.54, 1.807) is 33.7 Å². The summed E-state index contributed by atoms with van der Waals surface area (Å²) in [5.41, 5.74) is 1.86. The van der Waals surface area contributed by atoms with E-state index in [4.69, 9.17) is 4.74 Å². The Balaban J connectivity index is 1.66. The van der Waals surface area contributed by atoms with Gasteiger partial charge < -0.3 is 9.47 Å². The van der Waals surface area contributed by atoms with Crippen molar-refractivity contribution in [1.29, 1.82) is 0 Å². The minimum Gasteiger partial charge on any atom is -0.494 e. The van der Waals surface area contributed by atoms with Gasteiger partial charge in [0.15, 0.2) is 5.82 Å². The van der Waals surface area contributed by atoms with E-state index in [1.165, 1.54) is 32.1 Å². The highest BCUT2D eigenvalue weighted by Gasteiger charge is 2.74. The molecular formula is C31H37F13N2O5. The van der Waals surface area contributed by atoms with Crippen LogP contribution in [0.4, 0.5) is 57.1 Å². The molecule has 0 atom stereocenters. The maximum atomic E-state index is 13.6. The van der Waals surface area contributed by atoms with Crippen LogP contribution in [0.3, 0.4) is 0 Å². The third-order valence-electron chi connectivity index (χ3n) is 6.81. The standard InChI is InChI=1S/C31H37F13N2O5/c1-2-3-4-5-6-9-12-22-19-45-25(46-20-22)23-13-15-24(16-14-23)48-18-11-8-7-10-17-47-21-26(32,33)49-27(34,35)28(36,37)50-29(38,39)30(40,41)51-31(42,43)44/h13-16,19-20H,2-12,17-18,21H2,1H3. The molecule has 0 N–H and O–H groups in total. The molecule has 0 saturated heterocycles. The third-order valence-corrected chi connectivity index (χ3v) is 6.81. The molecular weight excluding hydrogens is 727 g/mol. The van der Waals surface area contributed by atoms with Crippen LogP contribution < -0.4 is 4.74 Å². The Morgan fingerprint density at radius 2 is 1.04 bits per heavy atom. The van der Waals surface area contributed by atoms with Crippen molar-refractivity contribution in [2.75, 3.05) is 19.8 Å². The molecule has 0 radical (unpaired) electrons. The van der Waals surface area contributed by atoms with Crippen LogP contribution in [-0.4, -0.2) is 66.7 Å². The Kier molecular flexibility index (Phi) is 16.6. The first-order valence-electron chi connectivity index (χ1n) is 15.8. The van der Waals surface area contributed by atoms with E-state index in [2.05, 4.69) is 26.4 Å². The minimum absolute atomic E-state index is 0.0682. The van der Waals surface area contributed by atoms with E-state index in [9.17, 15) is 57.1 Å². The summed E-state index contributed by atoms with van der Waals surface area (Å²) in [5.74, 6) is 1.12. The Labute approximate surface area is 284 Å². The molecule has 51 heavy (non-hydrogen) atoms. The van der Waals surface area contributed by atoms with Crippen LogP contribution in [0.5, 0.6) is 5.75 Å². The summed E-state index contributed by atoms with van der Waals surface area (Å²) in [6.45, 7) is -0.194.